The Labute approximate surface area is 173 Å². The highest BCUT2D eigenvalue weighted by molar-refractivity contribution is 5.45. The van der Waals surface area contributed by atoms with Gasteiger partial charge in [-0.3, -0.25) is 0 Å². The van der Waals surface area contributed by atoms with Crippen LogP contribution < -0.4 is 5.73 Å². The maximum absolute atomic E-state index is 5.85. The van der Waals surface area contributed by atoms with Crippen LogP contribution in [0, 0.1) is 6.92 Å². The predicted molar refractivity (Wildman–Crippen MR) is 125 cm³/mol. The van der Waals surface area contributed by atoms with Crippen molar-refractivity contribution in [3.63, 3.8) is 0 Å². The standard InChI is InChI=1S/C27H41N/c1-3-4-5-6-7-8-9-10-11-12-13-14-24-15-17-25(18-16-24)22-26-19-20-27(28)21-23(26)2/h15-21H,3-14,22,28H2,1-2H3. The fraction of sp³-hybridized carbons (Fsp3) is 0.556. The van der Waals surface area contributed by atoms with Gasteiger partial charge in [-0.05, 0) is 60.6 Å². The van der Waals surface area contributed by atoms with Crippen LogP contribution in [0.15, 0.2) is 42.5 Å². The zero-order valence-electron chi connectivity index (χ0n) is 18.3. The predicted octanol–water partition coefficient (Wildman–Crippen LogP) is 8.02. The molecule has 2 rings (SSSR count). The van der Waals surface area contributed by atoms with Crippen molar-refractivity contribution in [3.8, 4) is 0 Å². The molecule has 0 aliphatic heterocycles. The smallest absolute Gasteiger partial charge is 0.0316 e. The van der Waals surface area contributed by atoms with Crippen molar-refractivity contribution in [2.45, 2.75) is 97.3 Å². The molecule has 0 saturated carbocycles. The number of aryl methyl sites for hydroxylation is 2. The number of hydrogen-bond acceptors (Lipinski definition) is 1. The summed E-state index contributed by atoms with van der Waals surface area (Å²) in [5.41, 5.74) is 12.2. The lowest BCUT2D eigenvalue weighted by Gasteiger charge is -2.08. The molecule has 0 heterocycles. The van der Waals surface area contributed by atoms with Crippen LogP contribution in [0.3, 0.4) is 0 Å². The van der Waals surface area contributed by atoms with Gasteiger partial charge in [-0.1, -0.05) is 101 Å². The SMILES string of the molecule is CCCCCCCCCCCCCc1ccc(Cc2ccc(N)cc2C)cc1. The average molecular weight is 380 g/mol. The lowest BCUT2D eigenvalue weighted by atomic mass is 9.98. The van der Waals surface area contributed by atoms with E-state index in [9.17, 15) is 0 Å². The molecule has 0 aliphatic carbocycles. The first-order chi connectivity index (χ1) is 13.7. The van der Waals surface area contributed by atoms with Crippen LogP contribution in [0.2, 0.25) is 0 Å². The van der Waals surface area contributed by atoms with Gasteiger partial charge in [0.05, 0.1) is 0 Å². The molecule has 0 saturated heterocycles. The summed E-state index contributed by atoms with van der Waals surface area (Å²) in [5.74, 6) is 0. The Morgan fingerprint density at radius 3 is 1.75 bits per heavy atom. The van der Waals surface area contributed by atoms with Crippen molar-refractivity contribution in [2.24, 2.45) is 0 Å². The molecule has 28 heavy (non-hydrogen) atoms. The molecule has 0 unspecified atom stereocenters. The second kappa shape index (κ2) is 13.4. The second-order valence-electron chi connectivity index (χ2n) is 8.46. The molecule has 0 atom stereocenters. The maximum atomic E-state index is 5.85. The highest BCUT2D eigenvalue weighted by Gasteiger charge is 2.02. The van der Waals surface area contributed by atoms with E-state index in [-0.39, 0.29) is 0 Å². The van der Waals surface area contributed by atoms with Crippen LogP contribution in [0.4, 0.5) is 5.69 Å². The number of nitrogens with two attached hydrogens (primary N) is 1. The lowest BCUT2D eigenvalue weighted by molar-refractivity contribution is 0.549. The van der Waals surface area contributed by atoms with Crippen molar-refractivity contribution in [1.29, 1.82) is 0 Å². The Kier molecular flexibility index (Phi) is 10.8. The first-order valence-electron chi connectivity index (χ1n) is 11.6. The topological polar surface area (TPSA) is 26.0 Å². The summed E-state index contributed by atoms with van der Waals surface area (Å²) in [6.07, 6.45) is 17.7. The molecule has 0 aliphatic rings. The van der Waals surface area contributed by atoms with Crippen molar-refractivity contribution in [2.75, 3.05) is 5.73 Å². The Morgan fingerprint density at radius 2 is 1.18 bits per heavy atom. The summed E-state index contributed by atoms with van der Waals surface area (Å²) in [4.78, 5) is 0. The number of nitrogen functional groups attached to an aromatic ring is 1. The molecule has 154 valence electrons. The molecule has 0 amide bonds. The molecule has 1 heteroatoms. The third-order valence-corrected chi connectivity index (χ3v) is 5.85. The maximum Gasteiger partial charge on any atom is 0.0316 e. The normalized spacial score (nSPS) is 11.1. The van der Waals surface area contributed by atoms with E-state index in [1.165, 1.54) is 99.3 Å². The van der Waals surface area contributed by atoms with Crippen LogP contribution in [-0.2, 0) is 12.8 Å². The fourth-order valence-electron chi connectivity index (χ4n) is 3.95. The van der Waals surface area contributed by atoms with Crippen molar-refractivity contribution in [1.82, 2.24) is 0 Å². The van der Waals surface area contributed by atoms with Gasteiger partial charge in [0.25, 0.3) is 0 Å². The summed E-state index contributed by atoms with van der Waals surface area (Å²) in [6, 6.07) is 15.5. The minimum atomic E-state index is 0.851. The summed E-state index contributed by atoms with van der Waals surface area (Å²) in [5, 5.41) is 0. The van der Waals surface area contributed by atoms with E-state index in [2.05, 4.69) is 50.2 Å². The summed E-state index contributed by atoms with van der Waals surface area (Å²) in [6.45, 7) is 4.43. The quantitative estimate of drug-likeness (QED) is 0.261. The third kappa shape index (κ3) is 8.95. The van der Waals surface area contributed by atoms with E-state index < -0.39 is 0 Å². The van der Waals surface area contributed by atoms with Gasteiger partial charge in [0.1, 0.15) is 0 Å². The molecule has 2 N–H and O–H groups in total. The van der Waals surface area contributed by atoms with E-state index in [4.69, 9.17) is 5.73 Å². The minimum Gasteiger partial charge on any atom is -0.399 e. The molecular weight excluding hydrogens is 338 g/mol. The molecule has 0 radical (unpaired) electrons. The molecule has 2 aromatic carbocycles. The van der Waals surface area contributed by atoms with Crippen LogP contribution >= 0.6 is 0 Å². The average Bonchev–Trinajstić information content (AvgIpc) is 2.69. The number of benzene rings is 2. The molecule has 0 spiro atoms. The van der Waals surface area contributed by atoms with Crippen LogP contribution in [0.1, 0.15) is 99.8 Å². The molecule has 0 aromatic heterocycles. The van der Waals surface area contributed by atoms with Crippen molar-refractivity contribution >= 4 is 5.69 Å². The van der Waals surface area contributed by atoms with Gasteiger partial charge in [0, 0.05) is 5.69 Å². The van der Waals surface area contributed by atoms with E-state index in [0.29, 0.717) is 0 Å². The molecule has 0 bridgehead atoms. The zero-order chi connectivity index (χ0) is 20.0. The van der Waals surface area contributed by atoms with Crippen molar-refractivity contribution in [3.05, 3.63) is 64.7 Å². The van der Waals surface area contributed by atoms with Gasteiger partial charge in [-0.25, -0.2) is 0 Å². The van der Waals surface area contributed by atoms with E-state index >= 15 is 0 Å². The number of unbranched alkanes of at least 4 members (excludes halogenated alkanes) is 10. The van der Waals surface area contributed by atoms with E-state index in [0.717, 1.165) is 12.1 Å². The van der Waals surface area contributed by atoms with Gasteiger partial charge in [-0.2, -0.15) is 0 Å². The minimum absolute atomic E-state index is 0.851. The highest BCUT2D eigenvalue weighted by Crippen LogP contribution is 2.18. The van der Waals surface area contributed by atoms with Gasteiger partial charge in [0.2, 0.25) is 0 Å². The van der Waals surface area contributed by atoms with Crippen LogP contribution in [0.25, 0.3) is 0 Å². The van der Waals surface area contributed by atoms with Gasteiger partial charge >= 0.3 is 0 Å². The Hall–Kier alpha value is -1.76. The van der Waals surface area contributed by atoms with Gasteiger partial charge < -0.3 is 5.73 Å². The fourth-order valence-corrected chi connectivity index (χ4v) is 3.95. The van der Waals surface area contributed by atoms with Gasteiger partial charge in [0.15, 0.2) is 0 Å². The first-order valence-corrected chi connectivity index (χ1v) is 11.6. The summed E-state index contributed by atoms with van der Waals surface area (Å²) >= 11 is 0. The third-order valence-electron chi connectivity index (χ3n) is 5.85. The first kappa shape index (κ1) is 22.5. The largest absolute Gasteiger partial charge is 0.399 e. The number of rotatable bonds is 14. The van der Waals surface area contributed by atoms with Crippen LogP contribution in [0.5, 0.6) is 0 Å². The van der Waals surface area contributed by atoms with Gasteiger partial charge in [-0.15, -0.1) is 0 Å². The second-order valence-corrected chi connectivity index (χ2v) is 8.46. The number of hydrogen-bond donors (Lipinski definition) is 1. The molecule has 1 nitrogen and oxygen atoms in total. The molecular formula is C27H41N. The Morgan fingerprint density at radius 1 is 0.643 bits per heavy atom. The molecule has 0 fully saturated rings. The number of anilines is 1. The van der Waals surface area contributed by atoms with E-state index in [1.807, 2.05) is 6.07 Å². The van der Waals surface area contributed by atoms with Crippen LogP contribution in [-0.4, -0.2) is 0 Å². The Bertz CT molecular complexity index is 656. The van der Waals surface area contributed by atoms with E-state index in [1.54, 1.807) is 0 Å². The Balaban J connectivity index is 1.56. The lowest BCUT2D eigenvalue weighted by Crippen LogP contribution is -1.95. The van der Waals surface area contributed by atoms with Crippen molar-refractivity contribution < 1.29 is 0 Å². The summed E-state index contributed by atoms with van der Waals surface area (Å²) in [7, 11) is 0. The highest BCUT2D eigenvalue weighted by atomic mass is 14.5. The monoisotopic (exact) mass is 379 g/mol. The molecule has 2 aromatic rings. The zero-order valence-corrected chi connectivity index (χ0v) is 18.3. The summed E-state index contributed by atoms with van der Waals surface area (Å²) < 4.78 is 0.